The first kappa shape index (κ1) is 13.1. The normalized spacial score (nSPS) is 13.4. The first-order valence-corrected chi connectivity index (χ1v) is 6.45. The molecule has 0 fully saturated rings. The van der Waals surface area contributed by atoms with Crippen molar-refractivity contribution < 1.29 is 5.11 Å². The molecule has 0 saturated heterocycles. The van der Waals surface area contributed by atoms with E-state index in [1.54, 1.807) is 0 Å². The van der Waals surface area contributed by atoms with E-state index in [2.05, 4.69) is 9.55 Å². The van der Waals surface area contributed by atoms with Crippen LogP contribution < -0.4 is 5.73 Å². The van der Waals surface area contributed by atoms with Crippen LogP contribution in [-0.2, 0) is 13.0 Å². The molecule has 4 heteroatoms. The van der Waals surface area contributed by atoms with Gasteiger partial charge in [-0.25, -0.2) is 4.98 Å². The monoisotopic (exact) mass is 247 g/mol. The van der Waals surface area contributed by atoms with E-state index < -0.39 is 0 Å². The molecule has 4 nitrogen and oxygen atoms in total. The van der Waals surface area contributed by atoms with Crippen LogP contribution in [0.5, 0.6) is 0 Å². The van der Waals surface area contributed by atoms with Gasteiger partial charge in [-0.1, -0.05) is 26.0 Å². The zero-order valence-corrected chi connectivity index (χ0v) is 11.0. The highest BCUT2D eigenvalue weighted by Gasteiger charge is 2.15. The minimum Gasteiger partial charge on any atom is -0.391 e. The number of aromatic nitrogens is 2. The summed E-state index contributed by atoms with van der Waals surface area (Å²) in [6.45, 7) is 5.19. The van der Waals surface area contributed by atoms with Crippen molar-refractivity contribution >= 4 is 11.0 Å². The van der Waals surface area contributed by atoms with Gasteiger partial charge >= 0.3 is 0 Å². The standard InChI is InChI=1S/C14H21N3O/c1-10(2)13(18)9-17-12-6-4-3-5-11(12)16-14(17)7-8-15/h3-6,10,13,18H,7-9,15H2,1-2H3. The number of hydrogen-bond donors (Lipinski definition) is 2. The lowest BCUT2D eigenvalue weighted by atomic mass is 10.1. The maximum absolute atomic E-state index is 10.1. The Kier molecular flexibility index (Phi) is 3.99. The van der Waals surface area contributed by atoms with Crippen molar-refractivity contribution in [2.75, 3.05) is 6.54 Å². The molecular weight excluding hydrogens is 226 g/mol. The van der Waals surface area contributed by atoms with Gasteiger partial charge in [0.25, 0.3) is 0 Å². The first-order valence-electron chi connectivity index (χ1n) is 6.45. The van der Waals surface area contributed by atoms with Crippen LogP contribution in [0.1, 0.15) is 19.7 Å². The second-order valence-electron chi connectivity index (χ2n) is 4.98. The predicted octanol–water partition coefficient (Wildman–Crippen LogP) is 1.55. The molecule has 2 rings (SSSR count). The number of aliphatic hydroxyl groups is 1. The van der Waals surface area contributed by atoms with Crippen molar-refractivity contribution in [3.8, 4) is 0 Å². The first-order chi connectivity index (χ1) is 8.63. The lowest BCUT2D eigenvalue weighted by molar-refractivity contribution is 0.107. The van der Waals surface area contributed by atoms with Crippen molar-refractivity contribution in [2.24, 2.45) is 11.7 Å². The molecule has 0 amide bonds. The number of para-hydroxylation sites is 2. The van der Waals surface area contributed by atoms with E-state index in [0.29, 0.717) is 13.1 Å². The van der Waals surface area contributed by atoms with Crippen LogP contribution in [0.25, 0.3) is 11.0 Å². The number of nitrogens with two attached hydrogens (primary N) is 1. The molecule has 2 aromatic rings. The summed E-state index contributed by atoms with van der Waals surface area (Å²) in [6.07, 6.45) is 0.374. The molecular formula is C14H21N3O. The lowest BCUT2D eigenvalue weighted by Crippen LogP contribution is -2.23. The summed E-state index contributed by atoms with van der Waals surface area (Å²) < 4.78 is 2.09. The smallest absolute Gasteiger partial charge is 0.111 e. The van der Waals surface area contributed by atoms with Crippen LogP contribution in [0.15, 0.2) is 24.3 Å². The van der Waals surface area contributed by atoms with Gasteiger partial charge in [-0.15, -0.1) is 0 Å². The van der Waals surface area contributed by atoms with E-state index in [9.17, 15) is 5.11 Å². The fourth-order valence-corrected chi connectivity index (χ4v) is 2.05. The molecule has 0 radical (unpaired) electrons. The summed E-state index contributed by atoms with van der Waals surface area (Å²) in [5, 5.41) is 10.1. The largest absolute Gasteiger partial charge is 0.391 e. The lowest BCUT2D eigenvalue weighted by Gasteiger charge is -2.17. The van der Waals surface area contributed by atoms with Gasteiger partial charge in [0, 0.05) is 6.42 Å². The number of hydrogen-bond acceptors (Lipinski definition) is 3. The van der Waals surface area contributed by atoms with E-state index in [4.69, 9.17) is 5.73 Å². The summed E-state index contributed by atoms with van der Waals surface area (Å²) >= 11 is 0. The van der Waals surface area contributed by atoms with Crippen LogP contribution in [-0.4, -0.2) is 27.3 Å². The Morgan fingerprint density at radius 2 is 2.06 bits per heavy atom. The molecule has 0 aliphatic heterocycles. The van der Waals surface area contributed by atoms with Crippen molar-refractivity contribution in [1.29, 1.82) is 0 Å². The zero-order chi connectivity index (χ0) is 13.1. The average molecular weight is 247 g/mol. The Morgan fingerprint density at radius 3 is 2.72 bits per heavy atom. The molecule has 1 heterocycles. The fraction of sp³-hybridized carbons (Fsp3) is 0.500. The zero-order valence-electron chi connectivity index (χ0n) is 11.0. The Balaban J connectivity index is 2.41. The Hall–Kier alpha value is -1.39. The molecule has 1 aromatic heterocycles. The Morgan fingerprint density at radius 1 is 1.33 bits per heavy atom. The maximum atomic E-state index is 10.1. The second-order valence-corrected chi connectivity index (χ2v) is 4.98. The van der Waals surface area contributed by atoms with Crippen LogP contribution in [0.2, 0.25) is 0 Å². The molecule has 0 aliphatic rings. The quantitative estimate of drug-likeness (QED) is 0.842. The highest BCUT2D eigenvalue weighted by molar-refractivity contribution is 5.75. The molecule has 3 N–H and O–H groups in total. The fourth-order valence-electron chi connectivity index (χ4n) is 2.05. The summed E-state index contributed by atoms with van der Waals surface area (Å²) in [5.41, 5.74) is 7.67. The van der Waals surface area contributed by atoms with E-state index in [1.807, 2.05) is 38.1 Å². The summed E-state index contributed by atoms with van der Waals surface area (Å²) in [7, 11) is 0. The summed E-state index contributed by atoms with van der Waals surface area (Å²) in [6, 6.07) is 8.00. The van der Waals surface area contributed by atoms with E-state index >= 15 is 0 Å². The maximum Gasteiger partial charge on any atom is 0.111 e. The molecule has 1 aromatic carbocycles. The topological polar surface area (TPSA) is 64.1 Å². The van der Waals surface area contributed by atoms with E-state index in [-0.39, 0.29) is 12.0 Å². The van der Waals surface area contributed by atoms with Gasteiger partial charge < -0.3 is 15.4 Å². The van der Waals surface area contributed by atoms with Crippen LogP contribution in [0.4, 0.5) is 0 Å². The van der Waals surface area contributed by atoms with Gasteiger partial charge in [-0.2, -0.15) is 0 Å². The van der Waals surface area contributed by atoms with Gasteiger partial charge in [0.05, 0.1) is 23.7 Å². The van der Waals surface area contributed by atoms with Gasteiger partial charge in [0.1, 0.15) is 5.82 Å². The van der Waals surface area contributed by atoms with Crippen molar-refractivity contribution in [1.82, 2.24) is 9.55 Å². The molecule has 0 saturated carbocycles. The predicted molar refractivity (Wildman–Crippen MR) is 73.3 cm³/mol. The van der Waals surface area contributed by atoms with Crippen molar-refractivity contribution in [3.05, 3.63) is 30.1 Å². The Labute approximate surface area is 107 Å². The SMILES string of the molecule is CC(C)C(O)Cn1c(CCN)nc2ccccc21. The third kappa shape index (κ3) is 2.54. The highest BCUT2D eigenvalue weighted by atomic mass is 16.3. The number of nitrogens with zero attached hydrogens (tertiary/aromatic N) is 2. The molecule has 0 aliphatic carbocycles. The molecule has 18 heavy (non-hydrogen) atoms. The minimum absolute atomic E-state index is 0.233. The number of benzene rings is 1. The summed E-state index contributed by atoms with van der Waals surface area (Å²) in [5.74, 6) is 1.19. The van der Waals surface area contributed by atoms with Gasteiger partial charge in [-0.05, 0) is 24.6 Å². The van der Waals surface area contributed by atoms with Crippen LogP contribution in [0.3, 0.4) is 0 Å². The molecule has 1 atom stereocenters. The van der Waals surface area contributed by atoms with Crippen LogP contribution >= 0.6 is 0 Å². The van der Waals surface area contributed by atoms with Gasteiger partial charge in [0.2, 0.25) is 0 Å². The number of aliphatic hydroxyl groups excluding tert-OH is 1. The third-order valence-electron chi connectivity index (χ3n) is 3.24. The summed E-state index contributed by atoms with van der Waals surface area (Å²) in [4.78, 5) is 4.59. The number of fused-ring (bicyclic) bond motifs is 1. The van der Waals surface area contributed by atoms with Crippen LogP contribution in [0, 0.1) is 5.92 Å². The molecule has 1 unspecified atom stereocenters. The number of rotatable bonds is 5. The molecule has 0 spiro atoms. The Bertz CT molecular complexity index is 519. The highest BCUT2D eigenvalue weighted by Crippen LogP contribution is 2.18. The van der Waals surface area contributed by atoms with Gasteiger partial charge in [-0.3, -0.25) is 0 Å². The minimum atomic E-state index is -0.362. The van der Waals surface area contributed by atoms with Crippen molar-refractivity contribution in [2.45, 2.75) is 32.9 Å². The van der Waals surface area contributed by atoms with Crippen molar-refractivity contribution in [3.63, 3.8) is 0 Å². The van der Waals surface area contributed by atoms with E-state index in [0.717, 1.165) is 23.3 Å². The second kappa shape index (κ2) is 5.50. The van der Waals surface area contributed by atoms with E-state index in [1.165, 1.54) is 0 Å². The number of imidazole rings is 1. The molecule has 0 bridgehead atoms. The molecule has 98 valence electrons. The van der Waals surface area contributed by atoms with Gasteiger partial charge in [0.15, 0.2) is 0 Å². The third-order valence-corrected chi connectivity index (χ3v) is 3.24. The average Bonchev–Trinajstić information content (AvgIpc) is 2.68.